The fraction of sp³-hybridized carbons (Fsp3) is 0.357. The molecule has 0 aliphatic carbocycles. The zero-order valence-electron chi connectivity index (χ0n) is 11.6. The Hall–Kier alpha value is -2.41. The summed E-state index contributed by atoms with van der Waals surface area (Å²) in [4.78, 5) is 13.4. The van der Waals surface area contributed by atoms with Gasteiger partial charge in [0, 0.05) is 6.54 Å². The van der Waals surface area contributed by atoms with Gasteiger partial charge in [-0.1, -0.05) is 0 Å². The van der Waals surface area contributed by atoms with E-state index >= 15 is 0 Å². The smallest absolute Gasteiger partial charge is 0.358 e. The van der Waals surface area contributed by atoms with Crippen molar-refractivity contribution >= 4 is 11.8 Å². The predicted octanol–water partition coefficient (Wildman–Crippen LogP) is 1.43. The van der Waals surface area contributed by atoms with Gasteiger partial charge in [-0.05, 0) is 24.3 Å². The number of furan rings is 1. The summed E-state index contributed by atoms with van der Waals surface area (Å²) in [5.41, 5.74) is 0.192. The van der Waals surface area contributed by atoms with E-state index in [1.165, 1.54) is 7.11 Å². The highest BCUT2D eigenvalue weighted by Crippen LogP contribution is 2.25. The van der Waals surface area contributed by atoms with E-state index in [9.17, 15) is 4.79 Å². The van der Waals surface area contributed by atoms with Crippen molar-refractivity contribution in [1.29, 1.82) is 0 Å². The van der Waals surface area contributed by atoms with Gasteiger partial charge in [-0.15, -0.1) is 10.2 Å². The van der Waals surface area contributed by atoms with Crippen LogP contribution in [0.3, 0.4) is 0 Å². The average Bonchev–Trinajstić information content (AvgIpc) is 3.09. The van der Waals surface area contributed by atoms with Crippen LogP contribution in [0.15, 0.2) is 34.9 Å². The molecular formula is C14H15N3O4. The first-order valence-electron chi connectivity index (χ1n) is 6.60. The van der Waals surface area contributed by atoms with Crippen LogP contribution in [-0.2, 0) is 9.47 Å². The first kappa shape index (κ1) is 13.6. The lowest BCUT2D eigenvalue weighted by Gasteiger charge is -2.32. The number of carbonyl (C=O) groups is 1. The van der Waals surface area contributed by atoms with Gasteiger partial charge in [0.1, 0.15) is 11.9 Å². The van der Waals surface area contributed by atoms with Crippen molar-refractivity contribution < 1.29 is 18.7 Å². The maximum Gasteiger partial charge on any atom is 0.358 e. The molecule has 1 aliphatic heterocycles. The SMILES string of the molecule is COC(=O)c1ccc(N2CCOC(c3ccco3)C2)nn1. The fourth-order valence-corrected chi connectivity index (χ4v) is 2.21. The Morgan fingerprint density at radius 2 is 2.29 bits per heavy atom. The summed E-state index contributed by atoms with van der Waals surface area (Å²) in [7, 11) is 1.31. The van der Waals surface area contributed by atoms with Crippen LogP contribution in [0.4, 0.5) is 5.82 Å². The zero-order valence-corrected chi connectivity index (χ0v) is 11.6. The number of morpholine rings is 1. The first-order chi connectivity index (χ1) is 10.3. The lowest BCUT2D eigenvalue weighted by molar-refractivity contribution is 0.0254. The van der Waals surface area contributed by atoms with Gasteiger partial charge in [0.25, 0.3) is 0 Å². The minimum atomic E-state index is -0.496. The molecule has 1 unspecified atom stereocenters. The summed E-state index contributed by atoms with van der Waals surface area (Å²) in [5, 5.41) is 7.96. The number of ether oxygens (including phenoxy) is 2. The number of methoxy groups -OCH3 is 1. The Bertz CT molecular complexity index is 597. The fourth-order valence-electron chi connectivity index (χ4n) is 2.21. The van der Waals surface area contributed by atoms with E-state index < -0.39 is 5.97 Å². The van der Waals surface area contributed by atoms with Crippen LogP contribution in [0.2, 0.25) is 0 Å². The van der Waals surface area contributed by atoms with Crippen molar-refractivity contribution in [2.24, 2.45) is 0 Å². The van der Waals surface area contributed by atoms with Gasteiger partial charge >= 0.3 is 5.97 Å². The highest BCUT2D eigenvalue weighted by atomic mass is 16.5. The van der Waals surface area contributed by atoms with E-state index in [4.69, 9.17) is 9.15 Å². The number of esters is 1. The molecule has 110 valence electrons. The number of hydrogen-bond donors (Lipinski definition) is 0. The van der Waals surface area contributed by atoms with Crippen LogP contribution in [0, 0.1) is 0 Å². The Morgan fingerprint density at radius 1 is 1.38 bits per heavy atom. The monoisotopic (exact) mass is 289 g/mol. The van der Waals surface area contributed by atoms with Gasteiger partial charge in [0.05, 0.1) is 26.5 Å². The lowest BCUT2D eigenvalue weighted by atomic mass is 10.2. The standard InChI is InChI=1S/C14H15N3O4/c1-19-14(18)10-4-5-13(16-15-10)17-6-8-21-12(9-17)11-3-2-7-20-11/h2-5,7,12H,6,8-9H2,1H3. The molecule has 7 heteroatoms. The summed E-state index contributed by atoms with van der Waals surface area (Å²) in [6.07, 6.45) is 1.50. The van der Waals surface area contributed by atoms with Crippen molar-refractivity contribution in [3.8, 4) is 0 Å². The predicted molar refractivity (Wildman–Crippen MR) is 73.0 cm³/mol. The third-order valence-corrected chi connectivity index (χ3v) is 3.30. The summed E-state index contributed by atoms with van der Waals surface area (Å²) < 4.78 is 15.7. The topological polar surface area (TPSA) is 77.7 Å². The van der Waals surface area contributed by atoms with E-state index in [-0.39, 0.29) is 11.8 Å². The molecule has 0 bridgehead atoms. The minimum Gasteiger partial charge on any atom is -0.467 e. The molecule has 0 spiro atoms. The Kier molecular flexibility index (Phi) is 3.83. The molecule has 0 radical (unpaired) electrons. The highest BCUT2D eigenvalue weighted by Gasteiger charge is 2.25. The lowest BCUT2D eigenvalue weighted by Crippen LogP contribution is -2.38. The Balaban J connectivity index is 1.73. The van der Waals surface area contributed by atoms with Crippen LogP contribution in [0.1, 0.15) is 22.4 Å². The second kappa shape index (κ2) is 5.92. The Labute approximate surface area is 121 Å². The number of nitrogens with zero attached hydrogens (tertiary/aromatic N) is 3. The van der Waals surface area contributed by atoms with E-state index in [0.29, 0.717) is 25.5 Å². The molecule has 7 nitrogen and oxygen atoms in total. The first-order valence-corrected chi connectivity index (χ1v) is 6.60. The number of anilines is 1. The molecule has 0 saturated carbocycles. The molecule has 0 N–H and O–H groups in total. The molecule has 0 amide bonds. The van der Waals surface area contributed by atoms with Gasteiger partial charge < -0.3 is 18.8 Å². The van der Waals surface area contributed by atoms with Crippen LogP contribution in [-0.4, -0.2) is 43.0 Å². The highest BCUT2D eigenvalue weighted by molar-refractivity contribution is 5.86. The molecular weight excluding hydrogens is 274 g/mol. The van der Waals surface area contributed by atoms with Gasteiger partial charge in [0.15, 0.2) is 11.5 Å². The van der Waals surface area contributed by atoms with Crippen LogP contribution >= 0.6 is 0 Å². The normalized spacial score (nSPS) is 18.5. The Morgan fingerprint density at radius 3 is 2.95 bits per heavy atom. The van der Waals surface area contributed by atoms with Gasteiger partial charge in [-0.25, -0.2) is 4.79 Å². The average molecular weight is 289 g/mol. The molecule has 0 aromatic carbocycles. The van der Waals surface area contributed by atoms with Crippen molar-refractivity contribution in [3.05, 3.63) is 42.0 Å². The molecule has 1 aliphatic rings. The molecule has 3 heterocycles. The van der Waals surface area contributed by atoms with Crippen LogP contribution < -0.4 is 4.90 Å². The molecule has 3 rings (SSSR count). The van der Waals surface area contributed by atoms with Crippen LogP contribution in [0.5, 0.6) is 0 Å². The number of rotatable bonds is 3. The number of carbonyl (C=O) groups excluding carboxylic acids is 1. The van der Waals surface area contributed by atoms with E-state index in [2.05, 4.69) is 14.9 Å². The molecule has 1 fully saturated rings. The van der Waals surface area contributed by atoms with Crippen molar-refractivity contribution in [3.63, 3.8) is 0 Å². The van der Waals surface area contributed by atoms with Gasteiger partial charge in [-0.3, -0.25) is 0 Å². The van der Waals surface area contributed by atoms with E-state index in [1.54, 1.807) is 18.4 Å². The maximum absolute atomic E-state index is 11.3. The number of aromatic nitrogens is 2. The molecule has 21 heavy (non-hydrogen) atoms. The quantitative estimate of drug-likeness (QED) is 0.791. The molecule has 1 saturated heterocycles. The molecule has 2 aromatic heterocycles. The molecule has 1 atom stereocenters. The van der Waals surface area contributed by atoms with Gasteiger partial charge in [0.2, 0.25) is 0 Å². The second-order valence-electron chi connectivity index (χ2n) is 4.59. The largest absolute Gasteiger partial charge is 0.467 e. The second-order valence-corrected chi connectivity index (χ2v) is 4.59. The zero-order chi connectivity index (χ0) is 14.7. The summed E-state index contributed by atoms with van der Waals surface area (Å²) >= 11 is 0. The third kappa shape index (κ3) is 2.87. The third-order valence-electron chi connectivity index (χ3n) is 3.30. The van der Waals surface area contributed by atoms with E-state index in [1.807, 2.05) is 17.0 Å². The van der Waals surface area contributed by atoms with E-state index in [0.717, 1.165) is 5.76 Å². The summed E-state index contributed by atoms with van der Waals surface area (Å²) in [6, 6.07) is 7.08. The number of hydrogen-bond acceptors (Lipinski definition) is 7. The maximum atomic E-state index is 11.3. The van der Waals surface area contributed by atoms with Crippen molar-refractivity contribution in [2.75, 3.05) is 31.7 Å². The summed E-state index contributed by atoms with van der Waals surface area (Å²) in [6.45, 7) is 1.91. The minimum absolute atomic E-state index is 0.129. The van der Waals surface area contributed by atoms with Crippen LogP contribution in [0.25, 0.3) is 0 Å². The molecule has 2 aromatic rings. The summed E-state index contributed by atoms with van der Waals surface area (Å²) in [5.74, 6) is 0.992. The van der Waals surface area contributed by atoms with Crippen molar-refractivity contribution in [2.45, 2.75) is 6.10 Å². The van der Waals surface area contributed by atoms with Gasteiger partial charge in [-0.2, -0.15) is 0 Å². The van der Waals surface area contributed by atoms with Crippen molar-refractivity contribution in [1.82, 2.24) is 10.2 Å².